The van der Waals surface area contributed by atoms with E-state index in [9.17, 15) is 4.79 Å². The Labute approximate surface area is 206 Å². The summed E-state index contributed by atoms with van der Waals surface area (Å²) in [5, 5.41) is 3.62. The molecule has 0 saturated carbocycles. The number of anilines is 2. The highest BCUT2D eigenvalue weighted by atomic mass is 16.5. The highest BCUT2D eigenvalue weighted by molar-refractivity contribution is 5.93. The Morgan fingerprint density at radius 1 is 1.14 bits per heavy atom. The summed E-state index contributed by atoms with van der Waals surface area (Å²) in [6.45, 7) is 4.18. The minimum absolute atomic E-state index is 0.304. The molecule has 0 bridgehead atoms. The number of nitrogens with one attached hydrogen (secondary N) is 1. The molecule has 0 atom stereocenters. The largest absolute Gasteiger partial charge is 0.487 e. The fraction of sp³-hybridized carbons (Fsp3) is 0.241. The van der Waals surface area contributed by atoms with Gasteiger partial charge in [0.05, 0.1) is 24.9 Å². The first kappa shape index (κ1) is 24.1. The number of carbonyl (C=O) groups is 1. The highest BCUT2D eigenvalue weighted by Gasteiger charge is 2.29. The first-order valence-corrected chi connectivity index (χ1v) is 11.8. The predicted molar refractivity (Wildman–Crippen MR) is 140 cm³/mol. The van der Waals surface area contributed by atoms with Gasteiger partial charge in [-0.25, -0.2) is 4.79 Å². The van der Waals surface area contributed by atoms with Crippen molar-refractivity contribution in [3.8, 4) is 5.75 Å². The molecule has 1 aliphatic rings. The molecule has 6 nitrogen and oxygen atoms in total. The molecule has 1 aromatic heterocycles. The maximum atomic E-state index is 12.4. The third-order valence-electron chi connectivity index (χ3n) is 5.88. The van der Waals surface area contributed by atoms with Gasteiger partial charge in [-0.2, -0.15) is 0 Å². The van der Waals surface area contributed by atoms with Crippen molar-refractivity contribution in [2.45, 2.75) is 26.0 Å². The summed E-state index contributed by atoms with van der Waals surface area (Å²) in [4.78, 5) is 18.8. The molecule has 1 aliphatic heterocycles. The van der Waals surface area contributed by atoms with Gasteiger partial charge in [0.25, 0.3) is 0 Å². The molecule has 2 heterocycles. The Hall–Kier alpha value is -4.06. The second-order valence-corrected chi connectivity index (χ2v) is 8.38. The highest BCUT2D eigenvalue weighted by Crippen LogP contribution is 2.30. The summed E-state index contributed by atoms with van der Waals surface area (Å²) in [7, 11) is 1.42. The summed E-state index contributed by atoms with van der Waals surface area (Å²) < 4.78 is 10.9. The molecular formula is C29H31N3O3. The van der Waals surface area contributed by atoms with Gasteiger partial charge in [-0.05, 0) is 60.9 Å². The first-order valence-electron chi connectivity index (χ1n) is 11.8. The summed E-state index contributed by atoms with van der Waals surface area (Å²) in [6.07, 6.45) is 12.1. The number of nitrogens with zero attached hydrogens (tertiary/aromatic N) is 2. The molecule has 0 unspecified atom stereocenters. The Kier molecular flexibility index (Phi) is 8.17. The third kappa shape index (κ3) is 6.29. The topological polar surface area (TPSA) is 63.7 Å². The lowest BCUT2D eigenvalue weighted by atomic mass is 9.97. The molecule has 4 rings (SSSR count). The number of aromatic nitrogens is 1. The van der Waals surface area contributed by atoms with E-state index in [0.717, 1.165) is 41.3 Å². The first-order chi connectivity index (χ1) is 17.2. The number of esters is 1. The molecule has 35 heavy (non-hydrogen) atoms. The fourth-order valence-corrected chi connectivity index (χ4v) is 4.11. The number of hydrogen-bond donors (Lipinski definition) is 1. The van der Waals surface area contributed by atoms with Gasteiger partial charge in [-0.15, -0.1) is 0 Å². The SMILES string of the molecule is C/C=C\C=C/Cc1c(C(=O)OC)cccc1N1CC(Nc2cccc(COc3cccnc3)c2)C1. The molecule has 1 fully saturated rings. The van der Waals surface area contributed by atoms with Crippen LogP contribution in [0.5, 0.6) is 5.75 Å². The molecule has 0 spiro atoms. The van der Waals surface area contributed by atoms with Crippen LogP contribution in [0.4, 0.5) is 11.4 Å². The van der Waals surface area contributed by atoms with Crippen molar-refractivity contribution >= 4 is 17.3 Å². The third-order valence-corrected chi connectivity index (χ3v) is 5.88. The standard InChI is InChI=1S/C29H31N3O3/c1-3-4-5-6-13-26-27(29(33)34-2)14-8-15-28(26)32-19-24(20-32)31-23-11-7-10-22(17-23)21-35-25-12-9-16-30-18-25/h3-12,14-18,24,31H,13,19-21H2,1-2H3/b4-3-,6-5-. The van der Waals surface area contributed by atoms with Crippen molar-refractivity contribution in [2.24, 2.45) is 0 Å². The van der Waals surface area contributed by atoms with E-state index in [2.05, 4.69) is 45.5 Å². The van der Waals surface area contributed by atoms with Gasteiger partial charge in [0, 0.05) is 30.7 Å². The molecule has 180 valence electrons. The van der Waals surface area contributed by atoms with Gasteiger partial charge < -0.3 is 19.7 Å². The lowest BCUT2D eigenvalue weighted by Gasteiger charge is -2.43. The summed E-state index contributed by atoms with van der Waals surface area (Å²) in [6, 6.07) is 18.2. The second kappa shape index (κ2) is 11.9. The monoisotopic (exact) mass is 469 g/mol. The quantitative estimate of drug-likeness (QED) is 0.316. The summed E-state index contributed by atoms with van der Waals surface area (Å²) in [5.41, 5.74) is 4.85. The van der Waals surface area contributed by atoms with Gasteiger partial charge in [0.15, 0.2) is 0 Å². The predicted octanol–water partition coefficient (Wildman–Crippen LogP) is 5.42. The van der Waals surface area contributed by atoms with Crippen LogP contribution in [-0.4, -0.2) is 37.2 Å². The molecule has 2 aromatic carbocycles. The molecule has 6 heteroatoms. The van der Waals surface area contributed by atoms with Crippen LogP contribution >= 0.6 is 0 Å². The number of methoxy groups -OCH3 is 1. The smallest absolute Gasteiger partial charge is 0.338 e. The normalized spacial score (nSPS) is 13.7. The molecule has 0 amide bonds. The van der Waals surface area contributed by atoms with Crippen molar-refractivity contribution in [3.05, 3.63) is 108 Å². The van der Waals surface area contributed by atoms with Crippen LogP contribution in [0, 0.1) is 0 Å². The minimum Gasteiger partial charge on any atom is -0.487 e. The van der Waals surface area contributed by atoms with Crippen molar-refractivity contribution in [3.63, 3.8) is 0 Å². The fourth-order valence-electron chi connectivity index (χ4n) is 4.11. The second-order valence-electron chi connectivity index (χ2n) is 8.38. The Morgan fingerprint density at radius 2 is 2.00 bits per heavy atom. The van der Waals surface area contributed by atoms with E-state index in [-0.39, 0.29) is 5.97 Å². The summed E-state index contributed by atoms with van der Waals surface area (Å²) in [5.74, 6) is 0.452. The van der Waals surface area contributed by atoms with E-state index < -0.39 is 0 Å². The van der Waals surface area contributed by atoms with E-state index in [1.54, 1.807) is 12.4 Å². The average Bonchev–Trinajstić information content (AvgIpc) is 2.88. The Balaban J connectivity index is 1.39. The van der Waals surface area contributed by atoms with Crippen LogP contribution in [0.25, 0.3) is 0 Å². The molecule has 3 aromatic rings. The van der Waals surface area contributed by atoms with Crippen LogP contribution in [0.2, 0.25) is 0 Å². The van der Waals surface area contributed by atoms with Crippen LogP contribution < -0.4 is 15.0 Å². The molecule has 1 N–H and O–H groups in total. The number of pyridine rings is 1. The number of benzene rings is 2. The molecular weight excluding hydrogens is 438 g/mol. The van der Waals surface area contributed by atoms with Gasteiger partial charge >= 0.3 is 5.97 Å². The van der Waals surface area contributed by atoms with Crippen LogP contribution in [0.1, 0.15) is 28.4 Å². The number of carbonyl (C=O) groups excluding carboxylic acids is 1. The zero-order valence-corrected chi connectivity index (χ0v) is 20.2. The number of hydrogen-bond acceptors (Lipinski definition) is 6. The van der Waals surface area contributed by atoms with Gasteiger partial charge in [0.2, 0.25) is 0 Å². The zero-order valence-electron chi connectivity index (χ0n) is 20.2. The van der Waals surface area contributed by atoms with E-state index in [1.165, 1.54) is 7.11 Å². The maximum Gasteiger partial charge on any atom is 0.338 e. The molecule has 0 radical (unpaired) electrons. The van der Waals surface area contributed by atoms with E-state index in [1.807, 2.05) is 55.5 Å². The van der Waals surface area contributed by atoms with Crippen molar-refractivity contribution in [2.75, 3.05) is 30.4 Å². The van der Waals surface area contributed by atoms with Gasteiger partial charge in [-0.1, -0.05) is 42.5 Å². The van der Waals surface area contributed by atoms with Crippen molar-refractivity contribution in [1.82, 2.24) is 4.98 Å². The van der Waals surface area contributed by atoms with Gasteiger partial charge in [0.1, 0.15) is 12.4 Å². The van der Waals surface area contributed by atoms with Crippen molar-refractivity contribution in [1.29, 1.82) is 0 Å². The van der Waals surface area contributed by atoms with E-state index >= 15 is 0 Å². The number of rotatable bonds is 10. The lowest BCUT2D eigenvalue weighted by molar-refractivity contribution is 0.0599. The summed E-state index contributed by atoms with van der Waals surface area (Å²) >= 11 is 0. The average molecular weight is 470 g/mol. The van der Waals surface area contributed by atoms with Crippen LogP contribution in [0.15, 0.2) is 91.3 Å². The van der Waals surface area contributed by atoms with E-state index in [0.29, 0.717) is 24.6 Å². The number of allylic oxidation sites excluding steroid dienone is 4. The minimum atomic E-state index is -0.304. The zero-order chi connectivity index (χ0) is 24.5. The molecule has 1 saturated heterocycles. The lowest BCUT2D eigenvalue weighted by Crippen LogP contribution is -2.55. The van der Waals surface area contributed by atoms with Gasteiger partial charge in [-0.3, -0.25) is 4.98 Å². The Bertz CT molecular complexity index is 1180. The number of ether oxygens (including phenoxy) is 2. The Morgan fingerprint density at radius 3 is 2.77 bits per heavy atom. The maximum absolute atomic E-state index is 12.4. The van der Waals surface area contributed by atoms with Crippen LogP contribution in [-0.2, 0) is 17.8 Å². The van der Waals surface area contributed by atoms with Crippen LogP contribution in [0.3, 0.4) is 0 Å². The van der Waals surface area contributed by atoms with Crippen molar-refractivity contribution < 1.29 is 14.3 Å². The van der Waals surface area contributed by atoms with E-state index in [4.69, 9.17) is 9.47 Å². The molecule has 0 aliphatic carbocycles.